The van der Waals surface area contributed by atoms with Crippen molar-refractivity contribution in [2.45, 2.75) is 32.6 Å². The summed E-state index contributed by atoms with van der Waals surface area (Å²) in [5.41, 5.74) is 1.10. The summed E-state index contributed by atoms with van der Waals surface area (Å²) >= 11 is 11.8. The molecule has 1 aliphatic rings. The summed E-state index contributed by atoms with van der Waals surface area (Å²) in [6.07, 6.45) is 1.50. The second kappa shape index (κ2) is 6.87. The van der Waals surface area contributed by atoms with E-state index in [1.54, 1.807) is 6.07 Å². The number of rotatable bonds is 1. The standard InChI is InChI=1S/C11H11Cl2NO.C2H6/c12-9-2-1-7(5-10(9)13)8-3-4-14-11(15)6-8;1-2/h1-2,5,8H,3-4,6H2,(H,14,15);1-2H3. The zero-order chi connectivity index (χ0) is 12.8. The van der Waals surface area contributed by atoms with Crippen LogP contribution >= 0.6 is 23.2 Å². The summed E-state index contributed by atoms with van der Waals surface area (Å²) in [4.78, 5) is 11.2. The van der Waals surface area contributed by atoms with Gasteiger partial charge in [0.1, 0.15) is 0 Å². The highest BCUT2D eigenvalue weighted by Gasteiger charge is 2.20. The fraction of sp³-hybridized carbons (Fsp3) is 0.462. The van der Waals surface area contributed by atoms with Crippen molar-refractivity contribution in [3.05, 3.63) is 33.8 Å². The van der Waals surface area contributed by atoms with Crippen molar-refractivity contribution in [2.24, 2.45) is 0 Å². The van der Waals surface area contributed by atoms with Gasteiger partial charge in [-0.1, -0.05) is 43.1 Å². The highest BCUT2D eigenvalue weighted by Crippen LogP contribution is 2.30. The summed E-state index contributed by atoms with van der Waals surface area (Å²) in [6, 6.07) is 5.58. The lowest BCUT2D eigenvalue weighted by molar-refractivity contribution is -0.122. The predicted molar refractivity (Wildman–Crippen MR) is 72.8 cm³/mol. The van der Waals surface area contributed by atoms with Crippen LogP contribution in [0.2, 0.25) is 10.0 Å². The third kappa shape index (κ3) is 3.90. The third-order valence-electron chi connectivity index (χ3n) is 2.66. The molecule has 2 rings (SSSR count). The Hall–Kier alpha value is -0.730. The molecule has 1 aliphatic heterocycles. The second-order valence-corrected chi connectivity index (χ2v) is 4.53. The van der Waals surface area contributed by atoms with Crippen LogP contribution < -0.4 is 5.32 Å². The van der Waals surface area contributed by atoms with Crippen molar-refractivity contribution in [3.63, 3.8) is 0 Å². The molecule has 4 heteroatoms. The maximum Gasteiger partial charge on any atom is 0.220 e. The average Bonchev–Trinajstić information content (AvgIpc) is 2.35. The lowest BCUT2D eigenvalue weighted by Crippen LogP contribution is -2.32. The van der Waals surface area contributed by atoms with E-state index in [-0.39, 0.29) is 11.8 Å². The first kappa shape index (κ1) is 14.3. The van der Waals surface area contributed by atoms with Gasteiger partial charge < -0.3 is 5.32 Å². The van der Waals surface area contributed by atoms with Gasteiger partial charge in [0.05, 0.1) is 10.0 Å². The fourth-order valence-corrected chi connectivity index (χ4v) is 2.14. The van der Waals surface area contributed by atoms with Gasteiger partial charge in [0, 0.05) is 13.0 Å². The topological polar surface area (TPSA) is 29.1 Å². The molecule has 1 unspecified atom stereocenters. The first-order valence-electron chi connectivity index (χ1n) is 5.88. The molecular formula is C13H17Cl2NO. The van der Waals surface area contributed by atoms with Gasteiger partial charge in [-0.15, -0.1) is 0 Å². The molecule has 1 aromatic carbocycles. The predicted octanol–water partition coefficient (Wildman–Crippen LogP) is 4.01. The number of hydrogen-bond acceptors (Lipinski definition) is 1. The first-order valence-corrected chi connectivity index (χ1v) is 6.64. The molecule has 0 saturated carbocycles. The van der Waals surface area contributed by atoms with Gasteiger partial charge in [0.2, 0.25) is 5.91 Å². The number of nitrogens with one attached hydrogen (secondary N) is 1. The first-order chi connectivity index (χ1) is 8.16. The molecule has 1 amide bonds. The van der Waals surface area contributed by atoms with E-state index in [1.807, 2.05) is 26.0 Å². The molecular weight excluding hydrogens is 257 g/mol. The molecule has 1 aromatic rings. The summed E-state index contributed by atoms with van der Waals surface area (Å²) < 4.78 is 0. The van der Waals surface area contributed by atoms with Crippen LogP contribution in [0.4, 0.5) is 0 Å². The number of carbonyl (C=O) groups is 1. The third-order valence-corrected chi connectivity index (χ3v) is 3.40. The molecule has 2 nitrogen and oxygen atoms in total. The Morgan fingerprint density at radius 2 is 1.94 bits per heavy atom. The highest BCUT2D eigenvalue weighted by molar-refractivity contribution is 6.42. The van der Waals surface area contributed by atoms with Crippen molar-refractivity contribution < 1.29 is 4.79 Å². The molecule has 0 radical (unpaired) electrons. The zero-order valence-corrected chi connectivity index (χ0v) is 11.6. The van der Waals surface area contributed by atoms with Crippen molar-refractivity contribution in [1.29, 1.82) is 0 Å². The Morgan fingerprint density at radius 3 is 2.53 bits per heavy atom. The van der Waals surface area contributed by atoms with Crippen molar-refractivity contribution in [1.82, 2.24) is 5.32 Å². The number of amides is 1. The molecule has 0 spiro atoms. The second-order valence-electron chi connectivity index (χ2n) is 3.71. The maximum absolute atomic E-state index is 11.2. The van der Waals surface area contributed by atoms with E-state index in [2.05, 4.69) is 5.32 Å². The quantitative estimate of drug-likeness (QED) is 0.823. The maximum atomic E-state index is 11.2. The van der Waals surface area contributed by atoms with Gasteiger partial charge in [0.25, 0.3) is 0 Å². The van der Waals surface area contributed by atoms with Gasteiger partial charge in [0.15, 0.2) is 0 Å². The Labute approximate surface area is 112 Å². The molecule has 0 aliphatic carbocycles. The highest BCUT2D eigenvalue weighted by atomic mass is 35.5. The summed E-state index contributed by atoms with van der Waals surface area (Å²) in [5.74, 6) is 0.380. The van der Waals surface area contributed by atoms with Gasteiger partial charge >= 0.3 is 0 Å². The molecule has 1 N–H and O–H groups in total. The number of piperidine rings is 1. The van der Waals surface area contributed by atoms with E-state index in [0.717, 1.165) is 18.5 Å². The van der Waals surface area contributed by atoms with Crippen molar-refractivity contribution in [3.8, 4) is 0 Å². The summed E-state index contributed by atoms with van der Waals surface area (Å²) in [6.45, 7) is 4.74. The SMILES string of the molecule is CC.O=C1CC(c2ccc(Cl)c(Cl)c2)CCN1. The van der Waals surface area contributed by atoms with Crippen molar-refractivity contribution >= 4 is 29.1 Å². The van der Waals surface area contributed by atoms with E-state index in [1.165, 1.54) is 0 Å². The van der Waals surface area contributed by atoms with Gasteiger partial charge in [-0.2, -0.15) is 0 Å². The minimum absolute atomic E-state index is 0.109. The lowest BCUT2D eigenvalue weighted by Gasteiger charge is -2.22. The molecule has 1 fully saturated rings. The molecule has 94 valence electrons. The summed E-state index contributed by atoms with van der Waals surface area (Å²) in [5, 5.41) is 3.92. The van der Waals surface area contributed by atoms with E-state index < -0.39 is 0 Å². The average molecular weight is 274 g/mol. The Bertz CT molecular complexity index is 393. The normalized spacial score (nSPS) is 19.1. The van der Waals surface area contributed by atoms with Crippen LogP contribution in [0.5, 0.6) is 0 Å². The van der Waals surface area contributed by atoms with Gasteiger partial charge in [-0.25, -0.2) is 0 Å². The molecule has 1 atom stereocenters. The van der Waals surface area contributed by atoms with E-state index >= 15 is 0 Å². The van der Waals surface area contributed by atoms with Crippen LogP contribution in [0.15, 0.2) is 18.2 Å². The lowest BCUT2D eigenvalue weighted by atomic mass is 9.90. The number of hydrogen-bond donors (Lipinski definition) is 1. The van der Waals surface area contributed by atoms with Crippen LogP contribution in [0.1, 0.15) is 38.2 Å². The molecule has 1 heterocycles. The van der Waals surface area contributed by atoms with Crippen LogP contribution in [0, 0.1) is 0 Å². The Kier molecular flexibility index (Phi) is 5.79. The smallest absolute Gasteiger partial charge is 0.220 e. The number of carbonyl (C=O) groups excluding carboxylic acids is 1. The summed E-state index contributed by atoms with van der Waals surface area (Å²) in [7, 11) is 0. The number of benzene rings is 1. The van der Waals surface area contributed by atoms with Crippen LogP contribution in [-0.2, 0) is 4.79 Å². The van der Waals surface area contributed by atoms with E-state index in [9.17, 15) is 4.79 Å². The molecule has 1 saturated heterocycles. The van der Waals surface area contributed by atoms with Crippen LogP contribution in [-0.4, -0.2) is 12.5 Å². The van der Waals surface area contributed by atoms with E-state index in [4.69, 9.17) is 23.2 Å². The molecule has 17 heavy (non-hydrogen) atoms. The minimum atomic E-state index is 0.109. The van der Waals surface area contributed by atoms with Crippen molar-refractivity contribution in [2.75, 3.05) is 6.54 Å². The fourth-order valence-electron chi connectivity index (χ4n) is 1.83. The van der Waals surface area contributed by atoms with Crippen LogP contribution in [0.3, 0.4) is 0 Å². The van der Waals surface area contributed by atoms with Gasteiger partial charge in [-0.3, -0.25) is 4.79 Å². The van der Waals surface area contributed by atoms with E-state index in [0.29, 0.717) is 16.5 Å². The molecule has 0 aromatic heterocycles. The zero-order valence-electron chi connectivity index (χ0n) is 10.1. The largest absolute Gasteiger partial charge is 0.356 e. The van der Waals surface area contributed by atoms with Gasteiger partial charge in [-0.05, 0) is 30.0 Å². The van der Waals surface area contributed by atoms with Crippen LogP contribution in [0.25, 0.3) is 0 Å². The number of halogens is 2. The Morgan fingerprint density at radius 1 is 1.24 bits per heavy atom. The Balaban J connectivity index is 0.000000686. The minimum Gasteiger partial charge on any atom is -0.356 e. The molecule has 0 bridgehead atoms. The monoisotopic (exact) mass is 273 g/mol.